The number of carbonyl (C=O) groups is 1. The lowest BCUT2D eigenvalue weighted by atomic mass is 9.97. The molecule has 1 N–H and O–H groups in total. The Balaban J connectivity index is 0.00000176. The van der Waals surface area contributed by atoms with Gasteiger partial charge in [0.25, 0.3) is 0 Å². The second-order valence-electron chi connectivity index (χ2n) is 6.05. The van der Waals surface area contributed by atoms with Crippen LogP contribution in [-0.2, 0) is 11.3 Å². The van der Waals surface area contributed by atoms with E-state index in [0.717, 1.165) is 50.1 Å². The predicted molar refractivity (Wildman–Crippen MR) is 89.4 cm³/mol. The monoisotopic (exact) mass is 324 g/mol. The molecule has 2 fully saturated rings. The number of hydrogen-bond acceptors (Lipinski definition) is 3. The number of nitrogens with one attached hydrogen (secondary N) is 1. The number of hydrogen-bond donors (Lipinski definition) is 1. The van der Waals surface area contributed by atoms with Crippen LogP contribution in [0.3, 0.4) is 0 Å². The summed E-state index contributed by atoms with van der Waals surface area (Å²) in [5.41, 5.74) is 1.10. The SMILES string of the molecule is COc1ccccc1CN(C(=O)C1CCCNC1)C1CC1.Cl. The van der Waals surface area contributed by atoms with E-state index in [0.29, 0.717) is 18.5 Å². The Bertz CT molecular complexity index is 499. The van der Waals surface area contributed by atoms with Crippen LogP contribution in [0, 0.1) is 5.92 Å². The van der Waals surface area contributed by atoms with Crippen molar-refractivity contribution in [3.8, 4) is 5.75 Å². The molecule has 1 aromatic carbocycles. The number of piperidine rings is 1. The molecule has 0 bridgehead atoms. The van der Waals surface area contributed by atoms with Gasteiger partial charge in [-0.2, -0.15) is 0 Å². The van der Waals surface area contributed by atoms with E-state index in [1.807, 2.05) is 18.2 Å². The van der Waals surface area contributed by atoms with Crippen molar-refractivity contribution >= 4 is 18.3 Å². The van der Waals surface area contributed by atoms with E-state index in [9.17, 15) is 4.79 Å². The van der Waals surface area contributed by atoms with Gasteiger partial charge in [-0.05, 0) is 38.3 Å². The van der Waals surface area contributed by atoms with Gasteiger partial charge in [-0.25, -0.2) is 0 Å². The highest BCUT2D eigenvalue weighted by Gasteiger charge is 2.36. The van der Waals surface area contributed by atoms with Crippen LogP contribution >= 0.6 is 12.4 Å². The maximum absolute atomic E-state index is 12.8. The summed E-state index contributed by atoms with van der Waals surface area (Å²) in [5.74, 6) is 1.34. The number of methoxy groups -OCH3 is 1. The van der Waals surface area contributed by atoms with Gasteiger partial charge in [0.15, 0.2) is 0 Å². The summed E-state index contributed by atoms with van der Waals surface area (Å²) in [5, 5.41) is 3.34. The molecule has 0 aromatic heterocycles. The molecular formula is C17H25ClN2O2. The van der Waals surface area contributed by atoms with Crippen LogP contribution < -0.4 is 10.1 Å². The highest BCUT2D eigenvalue weighted by atomic mass is 35.5. The highest BCUT2D eigenvalue weighted by molar-refractivity contribution is 5.85. The maximum Gasteiger partial charge on any atom is 0.227 e. The average Bonchev–Trinajstić information content (AvgIpc) is 3.38. The van der Waals surface area contributed by atoms with E-state index in [2.05, 4.69) is 16.3 Å². The van der Waals surface area contributed by atoms with Gasteiger partial charge in [-0.1, -0.05) is 18.2 Å². The number of nitrogens with zero attached hydrogens (tertiary/aromatic N) is 1. The zero-order valence-corrected chi connectivity index (χ0v) is 13.9. The van der Waals surface area contributed by atoms with Crippen LogP contribution in [0.4, 0.5) is 0 Å². The van der Waals surface area contributed by atoms with Gasteiger partial charge in [0.05, 0.1) is 13.0 Å². The number of rotatable bonds is 5. The van der Waals surface area contributed by atoms with E-state index in [1.165, 1.54) is 0 Å². The molecule has 122 valence electrons. The van der Waals surface area contributed by atoms with Gasteiger partial charge in [-0.3, -0.25) is 4.79 Å². The maximum atomic E-state index is 12.8. The fraction of sp³-hybridized carbons (Fsp3) is 0.588. The third-order valence-electron chi connectivity index (χ3n) is 4.45. The number of carbonyl (C=O) groups excluding carboxylic acids is 1. The Kier molecular flexibility index (Phi) is 6.09. The van der Waals surface area contributed by atoms with Crippen LogP contribution in [0.25, 0.3) is 0 Å². The van der Waals surface area contributed by atoms with Crippen molar-refractivity contribution < 1.29 is 9.53 Å². The van der Waals surface area contributed by atoms with Gasteiger partial charge >= 0.3 is 0 Å². The van der Waals surface area contributed by atoms with E-state index in [4.69, 9.17) is 4.74 Å². The molecule has 1 amide bonds. The minimum Gasteiger partial charge on any atom is -0.496 e. The molecule has 0 spiro atoms. The van der Waals surface area contributed by atoms with E-state index >= 15 is 0 Å². The summed E-state index contributed by atoms with van der Waals surface area (Å²) in [6, 6.07) is 8.43. The summed E-state index contributed by atoms with van der Waals surface area (Å²) in [6.45, 7) is 2.54. The number of para-hydroxylation sites is 1. The first-order valence-electron chi connectivity index (χ1n) is 7.92. The summed E-state index contributed by atoms with van der Waals surface area (Å²) in [6.07, 6.45) is 4.40. The Morgan fingerprint density at radius 2 is 2.09 bits per heavy atom. The lowest BCUT2D eigenvalue weighted by Crippen LogP contribution is -2.43. The molecule has 3 rings (SSSR count). The third-order valence-corrected chi connectivity index (χ3v) is 4.45. The van der Waals surface area contributed by atoms with Crippen molar-refractivity contribution in [3.63, 3.8) is 0 Å². The molecule has 1 aliphatic heterocycles. The molecule has 22 heavy (non-hydrogen) atoms. The Labute approximate surface area is 138 Å². The Morgan fingerprint density at radius 1 is 1.32 bits per heavy atom. The quantitative estimate of drug-likeness (QED) is 0.905. The van der Waals surface area contributed by atoms with Gasteiger partial charge < -0.3 is 15.0 Å². The van der Waals surface area contributed by atoms with Gasteiger partial charge in [0, 0.05) is 24.7 Å². The molecule has 1 aromatic rings. The van der Waals surface area contributed by atoms with E-state index in [-0.39, 0.29) is 18.3 Å². The van der Waals surface area contributed by atoms with Gasteiger partial charge in [0.1, 0.15) is 5.75 Å². The molecule has 1 aliphatic carbocycles. The molecule has 1 unspecified atom stereocenters. The zero-order chi connectivity index (χ0) is 14.7. The summed E-state index contributed by atoms with van der Waals surface area (Å²) < 4.78 is 5.42. The number of halogens is 1. The highest BCUT2D eigenvalue weighted by Crippen LogP contribution is 2.32. The second-order valence-corrected chi connectivity index (χ2v) is 6.05. The minimum absolute atomic E-state index is 0. The average molecular weight is 325 g/mol. The molecule has 1 saturated carbocycles. The topological polar surface area (TPSA) is 41.6 Å². The van der Waals surface area contributed by atoms with Crippen molar-refractivity contribution in [2.75, 3.05) is 20.2 Å². The molecule has 4 nitrogen and oxygen atoms in total. The fourth-order valence-corrected chi connectivity index (χ4v) is 3.09. The number of ether oxygens (including phenoxy) is 1. The summed E-state index contributed by atoms with van der Waals surface area (Å²) in [4.78, 5) is 14.9. The smallest absolute Gasteiger partial charge is 0.227 e. The first-order chi connectivity index (χ1) is 10.3. The van der Waals surface area contributed by atoms with Crippen LogP contribution in [0.1, 0.15) is 31.2 Å². The van der Waals surface area contributed by atoms with Crippen molar-refractivity contribution in [2.24, 2.45) is 5.92 Å². The van der Waals surface area contributed by atoms with Crippen molar-refractivity contribution in [3.05, 3.63) is 29.8 Å². The lowest BCUT2D eigenvalue weighted by molar-refractivity contribution is -0.137. The summed E-state index contributed by atoms with van der Waals surface area (Å²) >= 11 is 0. The van der Waals surface area contributed by atoms with Gasteiger partial charge in [0.2, 0.25) is 5.91 Å². The largest absolute Gasteiger partial charge is 0.496 e. The van der Waals surface area contributed by atoms with Crippen LogP contribution in [0.2, 0.25) is 0 Å². The normalized spacial score (nSPS) is 20.9. The standard InChI is InChI=1S/C17H24N2O2.ClH/c1-21-16-7-3-2-5-14(16)12-19(15-8-9-15)17(20)13-6-4-10-18-11-13;/h2-3,5,7,13,15,18H,4,6,8-12H2,1H3;1H. The second kappa shape index (κ2) is 7.84. The minimum atomic E-state index is 0. The van der Waals surface area contributed by atoms with Crippen molar-refractivity contribution in [1.29, 1.82) is 0 Å². The Morgan fingerprint density at radius 3 is 2.73 bits per heavy atom. The summed E-state index contributed by atoms with van der Waals surface area (Å²) in [7, 11) is 1.69. The first-order valence-corrected chi connectivity index (χ1v) is 7.92. The molecular weight excluding hydrogens is 300 g/mol. The van der Waals surface area contributed by atoms with E-state index in [1.54, 1.807) is 7.11 Å². The molecule has 2 aliphatic rings. The van der Waals surface area contributed by atoms with Crippen LogP contribution in [-0.4, -0.2) is 37.0 Å². The predicted octanol–water partition coefficient (Wildman–Crippen LogP) is 2.61. The zero-order valence-electron chi connectivity index (χ0n) is 13.1. The number of amides is 1. The van der Waals surface area contributed by atoms with Crippen LogP contribution in [0.5, 0.6) is 5.75 Å². The molecule has 1 atom stereocenters. The van der Waals surface area contributed by atoms with Gasteiger partial charge in [-0.15, -0.1) is 12.4 Å². The first kappa shape index (κ1) is 17.1. The van der Waals surface area contributed by atoms with Crippen molar-refractivity contribution in [2.45, 2.75) is 38.3 Å². The van der Waals surface area contributed by atoms with E-state index < -0.39 is 0 Å². The van der Waals surface area contributed by atoms with Crippen LogP contribution in [0.15, 0.2) is 24.3 Å². The molecule has 1 heterocycles. The Hall–Kier alpha value is -1.26. The fourth-order valence-electron chi connectivity index (χ4n) is 3.09. The molecule has 5 heteroatoms. The lowest BCUT2D eigenvalue weighted by Gasteiger charge is -2.30. The van der Waals surface area contributed by atoms with Crippen molar-refractivity contribution in [1.82, 2.24) is 10.2 Å². The number of benzene rings is 1. The molecule has 0 radical (unpaired) electrons. The molecule has 1 saturated heterocycles. The third kappa shape index (κ3) is 3.93.